The van der Waals surface area contributed by atoms with Crippen LogP contribution in [0.4, 0.5) is 0 Å². The van der Waals surface area contributed by atoms with Gasteiger partial charge in [-0.05, 0) is 30.7 Å². The second kappa shape index (κ2) is 8.46. The van der Waals surface area contributed by atoms with Gasteiger partial charge in [-0.1, -0.05) is 36.4 Å². The minimum atomic E-state index is 0.889. The fourth-order valence-corrected chi connectivity index (χ4v) is 2.08. The molecule has 0 saturated carbocycles. The van der Waals surface area contributed by atoms with E-state index in [2.05, 4.69) is 58.6 Å². The number of hydrogen-bond acceptors (Lipinski definition) is 3. The summed E-state index contributed by atoms with van der Waals surface area (Å²) in [7, 11) is 2.18. The lowest BCUT2D eigenvalue weighted by atomic mass is 10.1. The van der Waals surface area contributed by atoms with Crippen LogP contribution in [0.2, 0.25) is 0 Å². The molecular weight excluding hydrogens is 246 g/mol. The Labute approximate surface area is 121 Å². The summed E-state index contributed by atoms with van der Waals surface area (Å²) in [5, 5.41) is 3.45. The minimum absolute atomic E-state index is 0.889. The van der Waals surface area contributed by atoms with Crippen molar-refractivity contribution in [3.05, 3.63) is 66.0 Å². The van der Waals surface area contributed by atoms with Gasteiger partial charge in [-0.15, -0.1) is 0 Å². The average molecular weight is 269 g/mol. The third-order valence-electron chi connectivity index (χ3n) is 3.35. The first-order valence-electron chi connectivity index (χ1n) is 7.16. The van der Waals surface area contributed by atoms with E-state index in [0.29, 0.717) is 0 Å². The van der Waals surface area contributed by atoms with E-state index >= 15 is 0 Å². The maximum absolute atomic E-state index is 4.11. The molecule has 1 aromatic carbocycles. The number of likely N-dealkylation sites (N-methyl/N-ethyl adjacent to an activating group) is 1. The van der Waals surface area contributed by atoms with Crippen LogP contribution in [0.1, 0.15) is 11.1 Å². The van der Waals surface area contributed by atoms with E-state index < -0.39 is 0 Å². The molecule has 1 heterocycles. The molecule has 0 amide bonds. The topological polar surface area (TPSA) is 28.2 Å². The molecule has 0 fully saturated rings. The van der Waals surface area contributed by atoms with Gasteiger partial charge in [-0.3, -0.25) is 4.98 Å². The van der Waals surface area contributed by atoms with E-state index in [4.69, 9.17) is 0 Å². The Morgan fingerprint density at radius 3 is 2.55 bits per heavy atom. The highest BCUT2D eigenvalue weighted by molar-refractivity contribution is 5.14. The lowest BCUT2D eigenvalue weighted by Gasteiger charge is -2.16. The summed E-state index contributed by atoms with van der Waals surface area (Å²) in [4.78, 5) is 6.48. The van der Waals surface area contributed by atoms with Gasteiger partial charge in [0.25, 0.3) is 0 Å². The van der Waals surface area contributed by atoms with Crippen LogP contribution in [0, 0.1) is 0 Å². The molecule has 20 heavy (non-hydrogen) atoms. The van der Waals surface area contributed by atoms with E-state index in [1.807, 2.05) is 12.3 Å². The number of rotatable bonds is 8. The van der Waals surface area contributed by atoms with Crippen molar-refractivity contribution in [3.63, 3.8) is 0 Å². The zero-order chi connectivity index (χ0) is 14.0. The van der Waals surface area contributed by atoms with Gasteiger partial charge in [-0.25, -0.2) is 0 Å². The summed E-state index contributed by atoms with van der Waals surface area (Å²) < 4.78 is 0. The molecule has 0 atom stereocenters. The quantitative estimate of drug-likeness (QED) is 0.746. The van der Waals surface area contributed by atoms with Crippen molar-refractivity contribution < 1.29 is 0 Å². The molecular formula is C17H23N3. The Balaban J connectivity index is 1.57. The standard InChI is InChI=1S/C17H23N3/c1-20(12-9-16-6-3-2-4-7-16)13-11-19-15-17-8-5-10-18-14-17/h2-8,10,14,19H,9,11-13,15H2,1H3. The SMILES string of the molecule is CN(CCNCc1cccnc1)CCc1ccccc1. The van der Waals surface area contributed by atoms with Crippen molar-refractivity contribution in [3.8, 4) is 0 Å². The molecule has 106 valence electrons. The summed E-state index contributed by atoms with van der Waals surface area (Å²) in [6.45, 7) is 4.05. The maximum atomic E-state index is 4.11. The number of hydrogen-bond donors (Lipinski definition) is 1. The van der Waals surface area contributed by atoms with E-state index in [-0.39, 0.29) is 0 Å². The monoisotopic (exact) mass is 269 g/mol. The third-order valence-corrected chi connectivity index (χ3v) is 3.35. The summed E-state index contributed by atoms with van der Waals surface area (Å²) in [6.07, 6.45) is 4.83. The van der Waals surface area contributed by atoms with Gasteiger partial charge in [0.05, 0.1) is 0 Å². The molecule has 0 aliphatic rings. The van der Waals surface area contributed by atoms with Crippen LogP contribution >= 0.6 is 0 Å². The summed E-state index contributed by atoms with van der Waals surface area (Å²) in [5.41, 5.74) is 2.64. The maximum Gasteiger partial charge on any atom is 0.0312 e. The molecule has 3 nitrogen and oxygen atoms in total. The van der Waals surface area contributed by atoms with Crippen molar-refractivity contribution in [1.82, 2.24) is 15.2 Å². The predicted molar refractivity (Wildman–Crippen MR) is 83.6 cm³/mol. The largest absolute Gasteiger partial charge is 0.311 e. The fourth-order valence-electron chi connectivity index (χ4n) is 2.08. The first-order chi connectivity index (χ1) is 9.84. The Morgan fingerprint density at radius 2 is 1.80 bits per heavy atom. The highest BCUT2D eigenvalue weighted by atomic mass is 15.1. The van der Waals surface area contributed by atoms with Crippen LogP contribution in [0.15, 0.2) is 54.9 Å². The number of nitrogens with one attached hydrogen (secondary N) is 1. The van der Waals surface area contributed by atoms with Crippen LogP contribution in [0.25, 0.3) is 0 Å². The van der Waals surface area contributed by atoms with Gasteiger partial charge in [0.1, 0.15) is 0 Å². The van der Waals surface area contributed by atoms with Crippen LogP contribution < -0.4 is 5.32 Å². The average Bonchev–Trinajstić information content (AvgIpc) is 2.52. The van der Waals surface area contributed by atoms with Gasteiger partial charge in [0, 0.05) is 38.6 Å². The summed E-state index contributed by atoms with van der Waals surface area (Å²) in [6, 6.07) is 14.7. The molecule has 0 bridgehead atoms. The minimum Gasteiger partial charge on any atom is -0.311 e. The van der Waals surface area contributed by atoms with Crippen molar-refractivity contribution in [1.29, 1.82) is 0 Å². The normalized spacial score (nSPS) is 10.9. The van der Waals surface area contributed by atoms with Crippen molar-refractivity contribution in [2.75, 3.05) is 26.7 Å². The van der Waals surface area contributed by atoms with Crippen LogP contribution in [-0.4, -0.2) is 36.6 Å². The lowest BCUT2D eigenvalue weighted by Crippen LogP contribution is -2.30. The van der Waals surface area contributed by atoms with Gasteiger partial charge >= 0.3 is 0 Å². The van der Waals surface area contributed by atoms with Crippen molar-refractivity contribution >= 4 is 0 Å². The Morgan fingerprint density at radius 1 is 1.00 bits per heavy atom. The van der Waals surface area contributed by atoms with E-state index in [0.717, 1.165) is 32.6 Å². The Kier molecular flexibility index (Phi) is 6.21. The van der Waals surface area contributed by atoms with E-state index in [1.165, 1.54) is 11.1 Å². The lowest BCUT2D eigenvalue weighted by molar-refractivity contribution is 0.335. The van der Waals surface area contributed by atoms with Crippen LogP contribution in [0.5, 0.6) is 0 Å². The predicted octanol–water partition coefficient (Wildman–Crippen LogP) is 2.35. The Bertz CT molecular complexity index is 470. The van der Waals surface area contributed by atoms with Crippen molar-refractivity contribution in [2.24, 2.45) is 0 Å². The number of nitrogens with zero attached hydrogens (tertiary/aromatic N) is 2. The molecule has 2 rings (SSSR count). The van der Waals surface area contributed by atoms with Gasteiger partial charge < -0.3 is 10.2 Å². The zero-order valence-electron chi connectivity index (χ0n) is 12.1. The van der Waals surface area contributed by atoms with Crippen molar-refractivity contribution in [2.45, 2.75) is 13.0 Å². The van der Waals surface area contributed by atoms with Crippen LogP contribution in [-0.2, 0) is 13.0 Å². The molecule has 0 saturated heterocycles. The highest BCUT2D eigenvalue weighted by Crippen LogP contribution is 2.00. The highest BCUT2D eigenvalue weighted by Gasteiger charge is 1.99. The molecule has 1 N–H and O–H groups in total. The summed E-state index contributed by atoms with van der Waals surface area (Å²) >= 11 is 0. The number of benzene rings is 1. The molecule has 0 aliphatic heterocycles. The first kappa shape index (κ1) is 14.7. The molecule has 0 radical (unpaired) electrons. The third kappa shape index (κ3) is 5.51. The molecule has 0 spiro atoms. The second-order valence-electron chi connectivity index (χ2n) is 5.08. The first-order valence-corrected chi connectivity index (χ1v) is 7.16. The molecule has 3 heteroatoms. The fraction of sp³-hybridized carbons (Fsp3) is 0.353. The van der Waals surface area contributed by atoms with E-state index in [9.17, 15) is 0 Å². The van der Waals surface area contributed by atoms with E-state index in [1.54, 1.807) is 6.20 Å². The molecule has 2 aromatic rings. The number of pyridine rings is 1. The van der Waals surface area contributed by atoms with Gasteiger partial charge in [0.2, 0.25) is 0 Å². The van der Waals surface area contributed by atoms with Gasteiger partial charge in [-0.2, -0.15) is 0 Å². The molecule has 0 unspecified atom stereocenters. The molecule has 0 aliphatic carbocycles. The second-order valence-corrected chi connectivity index (χ2v) is 5.08. The smallest absolute Gasteiger partial charge is 0.0312 e. The summed E-state index contributed by atoms with van der Waals surface area (Å²) in [5.74, 6) is 0. The number of aromatic nitrogens is 1. The Hall–Kier alpha value is -1.71. The molecule has 1 aromatic heterocycles. The van der Waals surface area contributed by atoms with Crippen LogP contribution in [0.3, 0.4) is 0 Å². The van der Waals surface area contributed by atoms with Gasteiger partial charge in [0.15, 0.2) is 0 Å². The zero-order valence-corrected chi connectivity index (χ0v) is 12.1.